The van der Waals surface area contributed by atoms with Crippen molar-refractivity contribution in [2.24, 2.45) is 0 Å². The molecule has 0 N–H and O–H groups in total. The van der Waals surface area contributed by atoms with Gasteiger partial charge in [-0.1, -0.05) is 22.0 Å². The molecule has 2 heterocycles. The molecule has 120 valence electrons. The van der Waals surface area contributed by atoms with Gasteiger partial charge >= 0.3 is 0 Å². The van der Waals surface area contributed by atoms with Gasteiger partial charge in [0.1, 0.15) is 23.5 Å². The number of nitrogens with zero attached hydrogens (tertiary/aromatic N) is 3. The highest BCUT2D eigenvalue weighted by molar-refractivity contribution is 9.10. The van der Waals surface area contributed by atoms with Crippen LogP contribution in [0, 0.1) is 0 Å². The van der Waals surface area contributed by atoms with Crippen LogP contribution in [0.4, 0.5) is 5.82 Å². The van der Waals surface area contributed by atoms with Crippen LogP contribution in [-0.2, 0) is 0 Å². The van der Waals surface area contributed by atoms with Gasteiger partial charge < -0.3 is 9.64 Å². The zero-order chi connectivity index (χ0) is 15.6. The first kappa shape index (κ1) is 14.9. The van der Waals surface area contributed by atoms with Crippen molar-refractivity contribution < 1.29 is 4.74 Å². The van der Waals surface area contributed by atoms with Crippen molar-refractivity contribution in [1.29, 1.82) is 0 Å². The second-order valence-electron chi connectivity index (χ2n) is 6.31. The molecule has 0 atom stereocenters. The largest absolute Gasteiger partial charge is 0.490 e. The molecule has 1 aromatic heterocycles. The van der Waals surface area contributed by atoms with E-state index in [-0.39, 0.29) is 6.10 Å². The van der Waals surface area contributed by atoms with Gasteiger partial charge in [0.05, 0.1) is 0 Å². The monoisotopic (exact) mass is 373 g/mol. The van der Waals surface area contributed by atoms with Gasteiger partial charge in [0.2, 0.25) is 0 Å². The number of hydrogen-bond donors (Lipinski definition) is 0. The van der Waals surface area contributed by atoms with Crippen LogP contribution in [0.2, 0.25) is 0 Å². The van der Waals surface area contributed by atoms with E-state index in [4.69, 9.17) is 9.72 Å². The molecule has 0 amide bonds. The Morgan fingerprint density at radius 1 is 1.09 bits per heavy atom. The minimum atomic E-state index is 0.283. The maximum atomic E-state index is 6.10. The Hall–Kier alpha value is -1.62. The summed E-state index contributed by atoms with van der Waals surface area (Å²) in [5.74, 6) is 3.64. The lowest BCUT2D eigenvalue weighted by Gasteiger charge is -2.33. The van der Waals surface area contributed by atoms with Crippen LogP contribution in [0.5, 0.6) is 5.75 Å². The summed E-state index contributed by atoms with van der Waals surface area (Å²) in [7, 11) is 0. The molecule has 2 aromatic rings. The van der Waals surface area contributed by atoms with Gasteiger partial charge in [0.25, 0.3) is 0 Å². The first-order chi connectivity index (χ1) is 11.3. The summed E-state index contributed by atoms with van der Waals surface area (Å²) in [6, 6.07) is 10.1. The lowest BCUT2D eigenvalue weighted by molar-refractivity contribution is 0.170. The van der Waals surface area contributed by atoms with Crippen molar-refractivity contribution in [2.75, 3.05) is 18.0 Å². The minimum absolute atomic E-state index is 0.283. The molecule has 1 aromatic carbocycles. The summed E-state index contributed by atoms with van der Waals surface area (Å²) in [6.45, 7) is 1.97. The number of halogens is 1. The molecule has 1 aliphatic carbocycles. The Labute approximate surface area is 145 Å². The van der Waals surface area contributed by atoms with E-state index in [1.807, 2.05) is 36.5 Å². The van der Waals surface area contributed by atoms with E-state index in [2.05, 4.69) is 25.8 Å². The maximum Gasteiger partial charge on any atom is 0.133 e. The van der Waals surface area contributed by atoms with Crippen LogP contribution in [0.15, 0.2) is 41.0 Å². The van der Waals surface area contributed by atoms with Crippen LogP contribution < -0.4 is 9.64 Å². The molecule has 2 aliphatic rings. The first-order valence-corrected chi connectivity index (χ1v) is 9.07. The molecule has 23 heavy (non-hydrogen) atoms. The van der Waals surface area contributed by atoms with Crippen molar-refractivity contribution in [3.63, 3.8) is 0 Å². The molecule has 0 unspecified atom stereocenters. The highest BCUT2D eigenvalue weighted by Gasteiger charge is 2.28. The molecule has 1 aliphatic heterocycles. The molecule has 1 saturated heterocycles. The van der Waals surface area contributed by atoms with Crippen LogP contribution >= 0.6 is 15.9 Å². The Morgan fingerprint density at radius 3 is 2.65 bits per heavy atom. The fourth-order valence-corrected chi connectivity index (χ4v) is 3.39. The van der Waals surface area contributed by atoms with Gasteiger partial charge in [-0.05, 0) is 37.1 Å². The second-order valence-corrected chi connectivity index (χ2v) is 7.22. The predicted octanol–water partition coefficient (Wildman–Crippen LogP) is 4.16. The number of anilines is 1. The van der Waals surface area contributed by atoms with Crippen LogP contribution in [0.25, 0.3) is 0 Å². The summed E-state index contributed by atoms with van der Waals surface area (Å²) in [5, 5.41) is 0. The molecule has 5 heteroatoms. The third-order valence-corrected chi connectivity index (χ3v) is 4.96. The van der Waals surface area contributed by atoms with Gasteiger partial charge in [-0.15, -0.1) is 0 Å². The Bertz CT molecular complexity index is 681. The standard InChI is InChI=1S/C18H20BrN3O/c19-14-2-1-3-16(12-14)23-15-7-10-22(11-8-15)17-6-9-20-18(21-17)13-4-5-13/h1-3,6,9,12-13,15H,4-5,7-8,10-11H2. The summed E-state index contributed by atoms with van der Waals surface area (Å²) >= 11 is 3.49. The predicted molar refractivity (Wildman–Crippen MR) is 94.0 cm³/mol. The Morgan fingerprint density at radius 2 is 1.91 bits per heavy atom. The minimum Gasteiger partial charge on any atom is -0.490 e. The summed E-state index contributed by atoms with van der Waals surface area (Å²) in [5.41, 5.74) is 0. The molecular formula is C18H20BrN3O. The van der Waals surface area contributed by atoms with Gasteiger partial charge in [0, 0.05) is 42.5 Å². The van der Waals surface area contributed by atoms with E-state index in [0.717, 1.165) is 47.8 Å². The number of benzene rings is 1. The SMILES string of the molecule is Brc1cccc(OC2CCN(c3ccnc(C4CC4)n3)CC2)c1. The van der Waals surface area contributed by atoms with Gasteiger partial charge in [-0.3, -0.25) is 0 Å². The average molecular weight is 374 g/mol. The van der Waals surface area contributed by atoms with E-state index in [1.165, 1.54) is 12.8 Å². The van der Waals surface area contributed by atoms with E-state index in [1.54, 1.807) is 0 Å². The lowest BCUT2D eigenvalue weighted by atomic mass is 10.1. The normalized spacial score (nSPS) is 18.9. The molecule has 4 rings (SSSR count). The molecular weight excluding hydrogens is 354 g/mol. The van der Waals surface area contributed by atoms with Gasteiger partial charge in [0.15, 0.2) is 0 Å². The summed E-state index contributed by atoms with van der Waals surface area (Å²) in [4.78, 5) is 11.5. The fourth-order valence-electron chi connectivity index (χ4n) is 3.01. The molecule has 4 nitrogen and oxygen atoms in total. The van der Waals surface area contributed by atoms with Gasteiger partial charge in [-0.2, -0.15) is 0 Å². The van der Waals surface area contributed by atoms with Crippen molar-refractivity contribution in [1.82, 2.24) is 9.97 Å². The molecule has 1 saturated carbocycles. The highest BCUT2D eigenvalue weighted by Crippen LogP contribution is 2.38. The van der Waals surface area contributed by atoms with E-state index < -0.39 is 0 Å². The fraction of sp³-hybridized carbons (Fsp3) is 0.444. The van der Waals surface area contributed by atoms with Crippen LogP contribution in [0.1, 0.15) is 37.4 Å². The number of piperidine rings is 1. The smallest absolute Gasteiger partial charge is 0.133 e. The zero-order valence-electron chi connectivity index (χ0n) is 13.0. The number of aromatic nitrogens is 2. The lowest BCUT2D eigenvalue weighted by Crippen LogP contribution is -2.38. The second kappa shape index (κ2) is 6.48. The summed E-state index contributed by atoms with van der Waals surface area (Å²) in [6.07, 6.45) is 6.72. The molecule has 0 radical (unpaired) electrons. The Kier molecular flexibility index (Phi) is 4.21. The number of hydrogen-bond acceptors (Lipinski definition) is 4. The summed E-state index contributed by atoms with van der Waals surface area (Å²) < 4.78 is 7.16. The van der Waals surface area contributed by atoms with Crippen LogP contribution in [0.3, 0.4) is 0 Å². The molecule has 0 bridgehead atoms. The maximum absolute atomic E-state index is 6.10. The Balaban J connectivity index is 1.36. The zero-order valence-corrected chi connectivity index (χ0v) is 14.6. The highest BCUT2D eigenvalue weighted by atomic mass is 79.9. The van der Waals surface area contributed by atoms with Crippen molar-refractivity contribution >= 4 is 21.7 Å². The topological polar surface area (TPSA) is 38.2 Å². The number of ether oxygens (including phenoxy) is 1. The van der Waals surface area contributed by atoms with Crippen molar-refractivity contribution in [3.05, 3.63) is 46.8 Å². The van der Waals surface area contributed by atoms with E-state index >= 15 is 0 Å². The first-order valence-electron chi connectivity index (χ1n) is 8.28. The van der Waals surface area contributed by atoms with Gasteiger partial charge in [-0.25, -0.2) is 9.97 Å². The van der Waals surface area contributed by atoms with Crippen LogP contribution in [-0.4, -0.2) is 29.2 Å². The third-order valence-electron chi connectivity index (χ3n) is 4.47. The molecule has 0 spiro atoms. The van der Waals surface area contributed by atoms with E-state index in [0.29, 0.717) is 5.92 Å². The third kappa shape index (κ3) is 3.66. The van der Waals surface area contributed by atoms with Crippen molar-refractivity contribution in [2.45, 2.75) is 37.7 Å². The number of rotatable bonds is 4. The van der Waals surface area contributed by atoms with Crippen molar-refractivity contribution in [3.8, 4) is 5.75 Å². The molecule has 2 fully saturated rings. The van der Waals surface area contributed by atoms with E-state index in [9.17, 15) is 0 Å². The quantitative estimate of drug-likeness (QED) is 0.806. The average Bonchev–Trinajstić information content (AvgIpc) is 3.41.